The van der Waals surface area contributed by atoms with Gasteiger partial charge in [-0.05, 0) is 52.8 Å². The Labute approximate surface area is 152 Å². The Kier molecular flexibility index (Phi) is 3.03. The molecule has 0 saturated carbocycles. The quantitative estimate of drug-likeness (QED) is 0.509. The van der Waals surface area contributed by atoms with Crippen LogP contribution in [0.2, 0.25) is 0 Å². The maximum Gasteiger partial charge on any atom is 0.498 e. The van der Waals surface area contributed by atoms with Gasteiger partial charge in [0.15, 0.2) is 0 Å². The molecule has 2 aromatic heterocycles. The molecule has 2 aromatic carbocycles. The number of fused-ring (bicyclic) bond motifs is 5. The number of hydrogen-bond acceptors (Lipinski definition) is 3. The first kappa shape index (κ1) is 16.0. The van der Waals surface area contributed by atoms with Gasteiger partial charge in [0.25, 0.3) is 0 Å². The summed E-state index contributed by atoms with van der Waals surface area (Å²) in [5.74, 6) is 0. The maximum absolute atomic E-state index is 6.32. The van der Waals surface area contributed by atoms with Gasteiger partial charge < -0.3 is 18.7 Å². The standard InChI is InChI=1S/C21H22BNO3/c1-12-10-13-11-15(22-25-20(2,3)21(4,5)26-22)19-17(18(13)23-12)14-8-6-7-9-16(14)24-19/h6-11,23H,1-5H3. The monoisotopic (exact) mass is 347 g/mol. The van der Waals surface area contributed by atoms with Crippen molar-refractivity contribution < 1.29 is 13.7 Å². The molecule has 3 heterocycles. The highest BCUT2D eigenvalue weighted by atomic mass is 16.7. The minimum Gasteiger partial charge on any atom is -0.456 e. The molecule has 1 N–H and O–H groups in total. The third-order valence-electron chi connectivity index (χ3n) is 5.91. The number of aryl methyl sites for hydroxylation is 1. The smallest absolute Gasteiger partial charge is 0.456 e. The lowest BCUT2D eigenvalue weighted by molar-refractivity contribution is 0.00578. The van der Waals surface area contributed by atoms with Crippen LogP contribution in [0.1, 0.15) is 33.4 Å². The number of benzene rings is 2. The average molecular weight is 347 g/mol. The van der Waals surface area contributed by atoms with Gasteiger partial charge in [-0.2, -0.15) is 0 Å². The molecule has 0 atom stereocenters. The van der Waals surface area contributed by atoms with Gasteiger partial charge in [0.1, 0.15) is 11.2 Å². The zero-order valence-electron chi connectivity index (χ0n) is 15.8. The zero-order chi connectivity index (χ0) is 18.3. The highest BCUT2D eigenvalue weighted by Crippen LogP contribution is 2.39. The molecule has 0 bridgehead atoms. The van der Waals surface area contributed by atoms with Crippen molar-refractivity contribution >= 4 is 45.4 Å². The lowest BCUT2D eigenvalue weighted by atomic mass is 9.77. The third-order valence-corrected chi connectivity index (χ3v) is 5.91. The molecule has 5 heteroatoms. The van der Waals surface area contributed by atoms with Crippen LogP contribution in [0.3, 0.4) is 0 Å². The van der Waals surface area contributed by atoms with E-state index >= 15 is 0 Å². The Hall–Kier alpha value is -2.24. The summed E-state index contributed by atoms with van der Waals surface area (Å²) < 4.78 is 18.9. The number of hydrogen-bond donors (Lipinski definition) is 1. The second-order valence-electron chi connectivity index (χ2n) is 8.27. The van der Waals surface area contributed by atoms with Gasteiger partial charge in [0.2, 0.25) is 0 Å². The van der Waals surface area contributed by atoms with E-state index in [4.69, 9.17) is 13.7 Å². The van der Waals surface area contributed by atoms with E-state index in [0.717, 1.165) is 44.0 Å². The number of aromatic nitrogens is 1. The predicted octanol–water partition coefficient (Wildman–Crippen LogP) is 4.67. The van der Waals surface area contributed by atoms with Gasteiger partial charge in [-0.25, -0.2) is 0 Å². The molecule has 0 unspecified atom stereocenters. The topological polar surface area (TPSA) is 47.4 Å². The van der Waals surface area contributed by atoms with Crippen LogP contribution in [-0.4, -0.2) is 23.3 Å². The Bertz CT molecular complexity index is 1150. The van der Waals surface area contributed by atoms with Crippen LogP contribution < -0.4 is 5.46 Å². The molecule has 0 radical (unpaired) electrons. The fraction of sp³-hybridized carbons (Fsp3) is 0.333. The summed E-state index contributed by atoms with van der Waals surface area (Å²) in [5, 5.41) is 3.34. The van der Waals surface area contributed by atoms with E-state index in [-0.39, 0.29) is 11.2 Å². The molecule has 1 fully saturated rings. The Balaban J connectivity index is 1.85. The minimum absolute atomic E-state index is 0.390. The SMILES string of the molecule is Cc1cc2cc(B3OC(C)(C)C(C)(C)O3)c3oc4ccccc4c3c2[nH]1. The number of rotatable bonds is 1. The van der Waals surface area contributed by atoms with Crippen LogP contribution in [0.15, 0.2) is 40.8 Å². The first-order chi connectivity index (χ1) is 12.3. The fourth-order valence-corrected chi connectivity index (χ4v) is 3.81. The van der Waals surface area contributed by atoms with E-state index in [1.165, 1.54) is 0 Å². The van der Waals surface area contributed by atoms with Crippen LogP contribution in [0.25, 0.3) is 32.8 Å². The van der Waals surface area contributed by atoms with Gasteiger partial charge in [-0.15, -0.1) is 0 Å². The lowest BCUT2D eigenvalue weighted by Gasteiger charge is -2.32. The second kappa shape index (κ2) is 4.93. The summed E-state index contributed by atoms with van der Waals surface area (Å²) in [4.78, 5) is 3.49. The predicted molar refractivity (Wildman–Crippen MR) is 106 cm³/mol. The largest absolute Gasteiger partial charge is 0.498 e. The molecular weight excluding hydrogens is 325 g/mol. The van der Waals surface area contributed by atoms with E-state index in [0.29, 0.717) is 0 Å². The molecule has 132 valence electrons. The molecule has 0 aliphatic carbocycles. The summed E-state index contributed by atoms with van der Waals surface area (Å²) in [6.45, 7) is 10.4. The van der Waals surface area contributed by atoms with Gasteiger partial charge in [-0.3, -0.25) is 0 Å². The molecular formula is C21H22BNO3. The van der Waals surface area contributed by atoms with Gasteiger partial charge in [0.05, 0.1) is 22.1 Å². The Morgan fingerprint density at radius 2 is 1.65 bits per heavy atom. The van der Waals surface area contributed by atoms with Crippen molar-refractivity contribution in [2.45, 2.75) is 45.8 Å². The Morgan fingerprint density at radius 3 is 2.38 bits per heavy atom. The molecule has 1 aliphatic heterocycles. The van der Waals surface area contributed by atoms with E-state index < -0.39 is 7.12 Å². The highest BCUT2D eigenvalue weighted by Gasteiger charge is 2.52. The molecule has 4 nitrogen and oxygen atoms in total. The molecule has 5 rings (SSSR count). The molecule has 0 spiro atoms. The van der Waals surface area contributed by atoms with Gasteiger partial charge >= 0.3 is 7.12 Å². The molecule has 0 amide bonds. The van der Waals surface area contributed by atoms with E-state index in [1.54, 1.807) is 0 Å². The van der Waals surface area contributed by atoms with E-state index in [9.17, 15) is 0 Å². The van der Waals surface area contributed by atoms with E-state index in [2.05, 4.69) is 57.8 Å². The molecule has 26 heavy (non-hydrogen) atoms. The summed E-state index contributed by atoms with van der Waals surface area (Å²) in [5.41, 5.74) is 4.10. The molecule has 1 aliphatic rings. The van der Waals surface area contributed by atoms with Crippen LogP contribution in [0.5, 0.6) is 0 Å². The fourth-order valence-electron chi connectivity index (χ4n) is 3.81. The van der Waals surface area contributed by atoms with Crippen LogP contribution >= 0.6 is 0 Å². The van der Waals surface area contributed by atoms with Crippen molar-refractivity contribution in [3.8, 4) is 0 Å². The summed E-state index contributed by atoms with van der Waals surface area (Å²) >= 11 is 0. The van der Waals surface area contributed by atoms with Crippen molar-refractivity contribution in [3.63, 3.8) is 0 Å². The maximum atomic E-state index is 6.32. The van der Waals surface area contributed by atoms with Crippen molar-refractivity contribution in [1.29, 1.82) is 0 Å². The lowest BCUT2D eigenvalue weighted by Crippen LogP contribution is -2.41. The zero-order valence-corrected chi connectivity index (χ0v) is 15.8. The van der Waals surface area contributed by atoms with Crippen LogP contribution in [-0.2, 0) is 9.31 Å². The van der Waals surface area contributed by atoms with E-state index in [1.807, 2.05) is 18.2 Å². The number of nitrogens with one attached hydrogen (secondary N) is 1. The van der Waals surface area contributed by atoms with Crippen LogP contribution in [0, 0.1) is 6.92 Å². The van der Waals surface area contributed by atoms with Crippen molar-refractivity contribution in [2.24, 2.45) is 0 Å². The van der Waals surface area contributed by atoms with Crippen molar-refractivity contribution in [3.05, 3.63) is 42.1 Å². The minimum atomic E-state index is -0.456. The summed E-state index contributed by atoms with van der Waals surface area (Å²) in [6.07, 6.45) is 0. The van der Waals surface area contributed by atoms with Crippen molar-refractivity contribution in [1.82, 2.24) is 4.98 Å². The first-order valence-electron chi connectivity index (χ1n) is 9.06. The second-order valence-corrected chi connectivity index (χ2v) is 8.27. The highest BCUT2D eigenvalue weighted by molar-refractivity contribution is 6.65. The molecule has 4 aromatic rings. The van der Waals surface area contributed by atoms with Crippen molar-refractivity contribution in [2.75, 3.05) is 0 Å². The average Bonchev–Trinajstić information content (AvgIpc) is 3.17. The van der Waals surface area contributed by atoms with Gasteiger partial charge in [0, 0.05) is 21.9 Å². The first-order valence-corrected chi connectivity index (χ1v) is 9.06. The number of para-hydroxylation sites is 1. The Morgan fingerprint density at radius 1 is 0.962 bits per heavy atom. The molecule has 1 saturated heterocycles. The summed E-state index contributed by atoms with van der Waals surface area (Å²) in [7, 11) is -0.456. The number of aromatic amines is 1. The number of H-pyrrole nitrogens is 1. The van der Waals surface area contributed by atoms with Crippen LogP contribution in [0.4, 0.5) is 0 Å². The normalized spacial score (nSPS) is 19.2. The number of furan rings is 1. The van der Waals surface area contributed by atoms with Gasteiger partial charge in [-0.1, -0.05) is 18.2 Å². The third kappa shape index (κ3) is 2.04. The summed E-state index contributed by atoms with van der Waals surface area (Å²) in [6, 6.07) is 12.4.